The first-order valence-corrected chi connectivity index (χ1v) is 6.52. The van der Waals surface area contributed by atoms with Crippen LogP contribution >= 0.6 is 0 Å². The molecule has 0 spiro atoms. The Hall–Kier alpha value is -1.42. The first-order chi connectivity index (χ1) is 8.56. The van der Waals surface area contributed by atoms with Gasteiger partial charge in [-0.15, -0.1) is 0 Å². The summed E-state index contributed by atoms with van der Waals surface area (Å²) >= 11 is 0. The van der Waals surface area contributed by atoms with E-state index in [0.29, 0.717) is 12.6 Å². The number of hydrogen-bond donors (Lipinski definition) is 1. The summed E-state index contributed by atoms with van der Waals surface area (Å²) in [6.07, 6.45) is 2.75. The number of nitrogens with one attached hydrogen (secondary N) is 1. The summed E-state index contributed by atoms with van der Waals surface area (Å²) in [4.78, 5) is 18.3. The molecular formula is C14H21N3O. The van der Waals surface area contributed by atoms with Crippen molar-refractivity contribution in [1.29, 1.82) is 0 Å². The minimum absolute atomic E-state index is 0.0107. The molecule has 18 heavy (non-hydrogen) atoms. The fourth-order valence-electron chi connectivity index (χ4n) is 2.27. The van der Waals surface area contributed by atoms with E-state index in [1.807, 2.05) is 30.2 Å². The molecule has 1 unspecified atom stereocenters. The number of carbonyl (C=O) groups excluding carboxylic acids is 1. The molecule has 0 aliphatic carbocycles. The molecule has 2 heterocycles. The Kier molecular flexibility index (Phi) is 3.97. The van der Waals surface area contributed by atoms with E-state index in [0.717, 1.165) is 24.2 Å². The van der Waals surface area contributed by atoms with Crippen molar-refractivity contribution in [3.8, 4) is 0 Å². The molecule has 0 radical (unpaired) electrons. The highest BCUT2D eigenvalue weighted by molar-refractivity contribution is 5.84. The predicted octanol–water partition coefficient (Wildman–Crippen LogP) is 1.49. The maximum atomic E-state index is 12.2. The number of likely N-dealkylation sites (tertiary alicyclic amines) is 1. The zero-order valence-corrected chi connectivity index (χ0v) is 11.3. The van der Waals surface area contributed by atoms with Crippen molar-refractivity contribution in [3.05, 3.63) is 29.6 Å². The lowest BCUT2D eigenvalue weighted by Gasteiger charge is -2.18. The van der Waals surface area contributed by atoms with Gasteiger partial charge in [0, 0.05) is 31.0 Å². The molecule has 2 rings (SSSR count). The Balaban J connectivity index is 1.95. The third kappa shape index (κ3) is 3.07. The summed E-state index contributed by atoms with van der Waals surface area (Å²) in [5.74, 6) is 0.212. The monoisotopic (exact) mass is 247 g/mol. The van der Waals surface area contributed by atoms with Crippen LogP contribution in [0.25, 0.3) is 0 Å². The van der Waals surface area contributed by atoms with Crippen LogP contribution in [0.4, 0.5) is 0 Å². The van der Waals surface area contributed by atoms with E-state index in [1.165, 1.54) is 0 Å². The van der Waals surface area contributed by atoms with Gasteiger partial charge >= 0.3 is 0 Å². The van der Waals surface area contributed by atoms with Crippen LogP contribution in [0.5, 0.6) is 0 Å². The molecule has 1 N–H and O–H groups in total. The third-order valence-electron chi connectivity index (χ3n) is 3.18. The molecule has 1 saturated heterocycles. The van der Waals surface area contributed by atoms with Crippen LogP contribution in [0.3, 0.4) is 0 Å². The number of aromatic nitrogens is 1. The summed E-state index contributed by atoms with van der Waals surface area (Å²) in [5.41, 5.74) is 2.10. The van der Waals surface area contributed by atoms with Gasteiger partial charge in [-0.25, -0.2) is 0 Å². The highest BCUT2D eigenvalue weighted by Crippen LogP contribution is 2.15. The van der Waals surface area contributed by atoms with Gasteiger partial charge in [-0.1, -0.05) is 19.9 Å². The zero-order chi connectivity index (χ0) is 13.1. The number of aryl methyl sites for hydroxylation is 1. The summed E-state index contributed by atoms with van der Waals surface area (Å²) in [7, 11) is 0. The molecule has 0 saturated carbocycles. The van der Waals surface area contributed by atoms with Crippen molar-refractivity contribution in [2.75, 3.05) is 6.54 Å². The van der Waals surface area contributed by atoms with E-state index in [9.17, 15) is 4.79 Å². The summed E-state index contributed by atoms with van der Waals surface area (Å²) < 4.78 is 0. The van der Waals surface area contributed by atoms with Gasteiger partial charge in [-0.2, -0.15) is 0 Å². The number of carbonyl (C=O) groups is 1. The summed E-state index contributed by atoms with van der Waals surface area (Å²) in [6.45, 7) is 7.60. The Morgan fingerprint density at radius 2 is 2.28 bits per heavy atom. The summed E-state index contributed by atoms with van der Waals surface area (Å²) in [5, 5.41) is 3.31. The van der Waals surface area contributed by atoms with Gasteiger partial charge in [0.05, 0.1) is 6.04 Å². The number of amides is 1. The van der Waals surface area contributed by atoms with Crippen molar-refractivity contribution in [1.82, 2.24) is 15.2 Å². The van der Waals surface area contributed by atoms with E-state index >= 15 is 0 Å². The topological polar surface area (TPSA) is 45.2 Å². The lowest BCUT2D eigenvalue weighted by molar-refractivity contribution is -0.130. The Morgan fingerprint density at radius 3 is 2.89 bits per heavy atom. The zero-order valence-electron chi connectivity index (χ0n) is 11.3. The third-order valence-corrected chi connectivity index (χ3v) is 3.18. The summed E-state index contributed by atoms with van der Waals surface area (Å²) in [6, 6.07) is 4.36. The van der Waals surface area contributed by atoms with Crippen LogP contribution < -0.4 is 5.32 Å². The second kappa shape index (κ2) is 5.48. The van der Waals surface area contributed by atoms with E-state index in [-0.39, 0.29) is 11.9 Å². The first-order valence-electron chi connectivity index (χ1n) is 6.52. The van der Waals surface area contributed by atoms with Gasteiger partial charge in [0.2, 0.25) is 5.91 Å². The molecule has 1 aromatic heterocycles. The average Bonchev–Trinajstić information content (AvgIpc) is 2.64. The predicted molar refractivity (Wildman–Crippen MR) is 71.1 cm³/mol. The fourth-order valence-corrected chi connectivity index (χ4v) is 2.27. The van der Waals surface area contributed by atoms with Gasteiger partial charge in [-0.05, 0) is 25.0 Å². The Labute approximate surface area is 108 Å². The van der Waals surface area contributed by atoms with Crippen molar-refractivity contribution in [3.63, 3.8) is 0 Å². The van der Waals surface area contributed by atoms with Crippen LogP contribution in [-0.4, -0.2) is 34.4 Å². The average molecular weight is 247 g/mol. The minimum atomic E-state index is -0.0107. The highest BCUT2D eigenvalue weighted by atomic mass is 16.2. The molecule has 1 aliphatic heterocycles. The molecule has 0 aromatic carbocycles. The van der Waals surface area contributed by atoms with Crippen molar-refractivity contribution >= 4 is 5.91 Å². The van der Waals surface area contributed by atoms with Crippen LogP contribution in [-0.2, 0) is 11.3 Å². The van der Waals surface area contributed by atoms with E-state index in [4.69, 9.17) is 0 Å². The largest absolute Gasteiger partial charge is 0.337 e. The van der Waals surface area contributed by atoms with Gasteiger partial charge in [0.25, 0.3) is 0 Å². The first kappa shape index (κ1) is 13.0. The maximum Gasteiger partial charge on any atom is 0.240 e. The number of nitrogens with zero attached hydrogens (tertiary/aromatic N) is 2. The molecule has 98 valence electrons. The Morgan fingerprint density at radius 1 is 1.50 bits per heavy atom. The van der Waals surface area contributed by atoms with Crippen LogP contribution in [0.2, 0.25) is 0 Å². The number of pyridine rings is 1. The normalized spacial score (nSPS) is 19.9. The van der Waals surface area contributed by atoms with Crippen LogP contribution in [0.1, 0.15) is 31.5 Å². The Bertz CT molecular complexity index is 414. The quantitative estimate of drug-likeness (QED) is 0.876. The van der Waals surface area contributed by atoms with Gasteiger partial charge in [0.1, 0.15) is 0 Å². The molecule has 4 nitrogen and oxygen atoms in total. The van der Waals surface area contributed by atoms with Crippen molar-refractivity contribution < 1.29 is 4.79 Å². The molecule has 0 bridgehead atoms. The second-order valence-corrected chi connectivity index (χ2v) is 5.23. The van der Waals surface area contributed by atoms with Gasteiger partial charge in [0.15, 0.2) is 0 Å². The lowest BCUT2D eigenvalue weighted by Crippen LogP contribution is -2.41. The molecular weight excluding hydrogens is 226 g/mol. The number of rotatable bonds is 4. The minimum Gasteiger partial charge on any atom is -0.337 e. The molecule has 1 amide bonds. The smallest absolute Gasteiger partial charge is 0.240 e. The van der Waals surface area contributed by atoms with Gasteiger partial charge in [-0.3, -0.25) is 9.78 Å². The van der Waals surface area contributed by atoms with E-state index < -0.39 is 0 Å². The maximum absolute atomic E-state index is 12.2. The SMILES string of the molecule is Cc1ccc(CN2CCC(NC(C)C)C2=O)cn1. The van der Waals surface area contributed by atoms with Crippen molar-refractivity contribution in [2.24, 2.45) is 0 Å². The van der Waals surface area contributed by atoms with Gasteiger partial charge < -0.3 is 10.2 Å². The second-order valence-electron chi connectivity index (χ2n) is 5.23. The van der Waals surface area contributed by atoms with Crippen LogP contribution in [0, 0.1) is 6.92 Å². The van der Waals surface area contributed by atoms with E-state index in [2.05, 4.69) is 24.1 Å². The molecule has 1 fully saturated rings. The molecule has 1 aliphatic rings. The van der Waals surface area contributed by atoms with Crippen molar-refractivity contribution in [2.45, 2.75) is 45.8 Å². The molecule has 1 atom stereocenters. The fraction of sp³-hybridized carbons (Fsp3) is 0.571. The lowest BCUT2D eigenvalue weighted by atomic mass is 10.2. The highest BCUT2D eigenvalue weighted by Gasteiger charge is 2.31. The molecule has 1 aromatic rings. The number of hydrogen-bond acceptors (Lipinski definition) is 3. The van der Waals surface area contributed by atoms with E-state index in [1.54, 1.807) is 0 Å². The standard InChI is InChI=1S/C14H21N3O/c1-10(2)16-13-6-7-17(14(13)18)9-12-5-4-11(3)15-8-12/h4-5,8,10,13,16H,6-7,9H2,1-3H3. The molecule has 4 heteroatoms. The van der Waals surface area contributed by atoms with Crippen LogP contribution in [0.15, 0.2) is 18.3 Å².